The SMILES string of the molecule is CC(=O)Nc1ccc(SCc2nc(N)ccc2Cl)cc1. The molecule has 0 aliphatic heterocycles. The highest BCUT2D eigenvalue weighted by Crippen LogP contribution is 2.27. The van der Waals surface area contributed by atoms with Gasteiger partial charge in [-0.2, -0.15) is 0 Å². The van der Waals surface area contributed by atoms with Crippen LogP contribution in [0.3, 0.4) is 0 Å². The second kappa shape index (κ2) is 6.63. The Bertz CT molecular complexity index is 616. The van der Waals surface area contributed by atoms with Crippen LogP contribution in [0, 0.1) is 0 Å². The summed E-state index contributed by atoms with van der Waals surface area (Å²) < 4.78 is 0. The van der Waals surface area contributed by atoms with E-state index in [1.807, 2.05) is 24.3 Å². The Kier molecular flexibility index (Phi) is 4.87. The first-order chi connectivity index (χ1) is 9.54. The first-order valence-electron chi connectivity index (χ1n) is 5.96. The fraction of sp³-hybridized carbons (Fsp3) is 0.143. The molecule has 104 valence electrons. The van der Waals surface area contributed by atoms with Gasteiger partial charge in [0, 0.05) is 23.3 Å². The first-order valence-corrected chi connectivity index (χ1v) is 7.32. The average Bonchev–Trinajstić information content (AvgIpc) is 2.41. The number of pyridine rings is 1. The number of hydrogen-bond donors (Lipinski definition) is 2. The van der Waals surface area contributed by atoms with Crippen molar-refractivity contribution in [2.24, 2.45) is 0 Å². The zero-order valence-electron chi connectivity index (χ0n) is 10.9. The number of halogens is 1. The Balaban J connectivity index is 2.00. The zero-order chi connectivity index (χ0) is 14.5. The fourth-order valence-corrected chi connectivity index (χ4v) is 2.70. The van der Waals surface area contributed by atoms with Gasteiger partial charge >= 0.3 is 0 Å². The first kappa shape index (κ1) is 14.7. The van der Waals surface area contributed by atoms with Gasteiger partial charge in [0.2, 0.25) is 5.91 Å². The standard InChI is InChI=1S/C14H14ClN3OS/c1-9(19)17-10-2-4-11(5-3-10)20-8-13-12(15)6-7-14(16)18-13/h2-7H,8H2,1H3,(H2,16,18)(H,17,19). The van der Waals surface area contributed by atoms with E-state index in [4.69, 9.17) is 17.3 Å². The number of thioether (sulfide) groups is 1. The summed E-state index contributed by atoms with van der Waals surface area (Å²) in [4.78, 5) is 16.2. The van der Waals surface area contributed by atoms with Crippen LogP contribution in [0.15, 0.2) is 41.3 Å². The van der Waals surface area contributed by atoms with E-state index in [0.717, 1.165) is 16.3 Å². The minimum atomic E-state index is -0.0823. The molecule has 4 nitrogen and oxygen atoms in total. The van der Waals surface area contributed by atoms with Crippen LogP contribution < -0.4 is 11.1 Å². The molecule has 0 spiro atoms. The molecule has 0 saturated heterocycles. The molecule has 1 aromatic heterocycles. The highest BCUT2D eigenvalue weighted by Gasteiger charge is 2.04. The summed E-state index contributed by atoms with van der Waals surface area (Å²) in [7, 11) is 0. The molecule has 6 heteroatoms. The number of benzene rings is 1. The van der Waals surface area contributed by atoms with Crippen molar-refractivity contribution >= 4 is 40.8 Å². The van der Waals surface area contributed by atoms with Gasteiger partial charge in [-0.3, -0.25) is 4.79 Å². The number of anilines is 2. The van der Waals surface area contributed by atoms with E-state index >= 15 is 0 Å². The minimum Gasteiger partial charge on any atom is -0.384 e. The van der Waals surface area contributed by atoms with Crippen LogP contribution in [-0.4, -0.2) is 10.9 Å². The summed E-state index contributed by atoms with van der Waals surface area (Å²) in [6.45, 7) is 1.48. The van der Waals surface area contributed by atoms with Crippen LogP contribution in [0.5, 0.6) is 0 Å². The summed E-state index contributed by atoms with van der Waals surface area (Å²) >= 11 is 7.67. The second-order valence-electron chi connectivity index (χ2n) is 4.16. The molecule has 0 fully saturated rings. The van der Waals surface area contributed by atoms with Crippen LogP contribution in [-0.2, 0) is 10.5 Å². The number of nitrogen functional groups attached to an aromatic ring is 1. The maximum atomic E-state index is 10.9. The van der Waals surface area contributed by atoms with E-state index in [1.54, 1.807) is 23.9 Å². The number of nitrogens with zero attached hydrogens (tertiary/aromatic N) is 1. The molecule has 0 atom stereocenters. The summed E-state index contributed by atoms with van der Waals surface area (Å²) in [5, 5.41) is 3.34. The number of carbonyl (C=O) groups is 1. The predicted molar refractivity (Wildman–Crippen MR) is 84.0 cm³/mol. The van der Waals surface area contributed by atoms with Crippen LogP contribution in [0.25, 0.3) is 0 Å². The summed E-state index contributed by atoms with van der Waals surface area (Å²) in [5.74, 6) is 1.02. The van der Waals surface area contributed by atoms with Crippen LogP contribution in [0.1, 0.15) is 12.6 Å². The smallest absolute Gasteiger partial charge is 0.221 e. The number of carbonyl (C=O) groups excluding carboxylic acids is 1. The number of hydrogen-bond acceptors (Lipinski definition) is 4. The minimum absolute atomic E-state index is 0.0823. The molecule has 2 aromatic rings. The van der Waals surface area contributed by atoms with Crippen LogP contribution in [0.4, 0.5) is 11.5 Å². The summed E-state index contributed by atoms with van der Waals surface area (Å²) in [6, 6.07) is 11.0. The number of aromatic nitrogens is 1. The van der Waals surface area contributed by atoms with E-state index in [2.05, 4.69) is 10.3 Å². The van der Waals surface area contributed by atoms with Gasteiger partial charge in [0.05, 0.1) is 10.7 Å². The molecule has 0 saturated carbocycles. The Morgan fingerprint density at radius 1 is 1.30 bits per heavy atom. The van der Waals surface area contributed by atoms with Gasteiger partial charge in [0.1, 0.15) is 5.82 Å². The molecule has 3 N–H and O–H groups in total. The van der Waals surface area contributed by atoms with Crippen molar-refractivity contribution in [1.82, 2.24) is 4.98 Å². The van der Waals surface area contributed by atoms with Gasteiger partial charge in [-0.05, 0) is 36.4 Å². The molecule has 0 aliphatic carbocycles. The summed E-state index contributed by atoms with van der Waals surface area (Å²) in [5.41, 5.74) is 7.19. The highest BCUT2D eigenvalue weighted by atomic mass is 35.5. The van der Waals surface area contributed by atoms with Crippen molar-refractivity contribution in [3.8, 4) is 0 Å². The Labute approximate surface area is 126 Å². The number of amides is 1. The molecule has 0 aliphatic rings. The third kappa shape index (κ3) is 4.15. The zero-order valence-corrected chi connectivity index (χ0v) is 12.5. The molecule has 20 heavy (non-hydrogen) atoms. The molecule has 0 bridgehead atoms. The topological polar surface area (TPSA) is 68.0 Å². The third-order valence-corrected chi connectivity index (χ3v) is 3.86. The van der Waals surface area contributed by atoms with E-state index in [0.29, 0.717) is 16.6 Å². The van der Waals surface area contributed by atoms with E-state index < -0.39 is 0 Å². The van der Waals surface area contributed by atoms with Crippen molar-refractivity contribution in [3.63, 3.8) is 0 Å². The second-order valence-corrected chi connectivity index (χ2v) is 5.61. The molecule has 2 rings (SSSR count). The quantitative estimate of drug-likeness (QED) is 0.847. The predicted octanol–water partition coefficient (Wildman–Crippen LogP) is 3.57. The number of nitrogens with one attached hydrogen (secondary N) is 1. The van der Waals surface area contributed by atoms with Crippen molar-refractivity contribution in [2.75, 3.05) is 11.1 Å². The average molecular weight is 308 g/mol. The largest absolute Gasteiger partial charge is 0.384 e. The lowest BCUT2D eigenvalue weighted by molar-refractivity contribution is -0.114. The highest BCUT2D eigenvalue weighted by molar-refractivity contribution is 7.98. The molecule has 0 radical (unpaired) electrons. The molecule has 0 unspecified atom stereocenters. The maximum Gasteiger partial charge on any atom is 0.221 e. The van der Waals surface area contributed by atoms with Gasteiger partial charge in [-0.25, -0.2) is 4.98 Å². The van der Waals surface area contributed by atoms with Crippen molar-refractivity contribution in [2.45, 2.75) is 17.6 Å². The van der Waals surface area contributed by atoms with Crippen LogP contribution >= 0.6 is 23.4 Å². The lowest BCUT2D eigenvalue weighted by atomic mass is 10.3. The lowest BCUT2D eigenvalue weighted by Gasteiger charge is -2.06. The van der Waals surface area contributed by atoms with Crippen LogP contribution in [0.2, 0.25) is 5.02 Å². The molecular weight excluding hydrogens is 294 g/mol. The van der Waals surface area contributed by atoms with Gasteiger partial charge < -0.3 is 11.1 Å². The molecular formula is C14H14ClN3OS. The van der Waals surface area contributed by atoms with Crippen molar-refractivity contribution in [1.29, 1.82) is 0 Å². The normalized spacial score (nSPS) is 10.3. The third-order valence-electron chi connectivity index (χ3n) is 2.49. The monoisotopic (exact) mass is 307 g/mol. The molecule has 1 aromatic carbocycles. The fourth-order valence-electron chi connectivity index (χ4n) is 1.59. The molecule has 1 amide bonds. The van der Waals surface area contributed by atoms with E-state index in [1.165, 1.54) is 6.92 Å². The molecule has 1 heterocycles. The van der Waals surface area contributed by atoms with E-state index in [-0.39, 0.29) is 5.91 Å². The van der Waals surface area contributed by atoms with Crippen molar-refractivity contribution < 1.29 is 4.79 Å². The Morgan fingerprint density at radius 2 is 2.00 bits per heavy atom. The Morgan fingerprint density at radius 3 is 2.65 bits per heavy atom. The van der Waals surface area contributed by atoms with Gasteiger partial charge in [0.15, 0.2) is 0 Å². The summed E-state index contributed by atoms with van der Waals surface area (Å²) in [6.07, 6.45) is 0. The Hall–Kier alpha value is -1.72. The maximum absolute atomic E-state index is 10.9. The van der Waals surface area contributed by atoms with E-state index in [9.17, 15) is 4.79 Å². The van der Waals surface area contributed by atoms with Crippen molar-refractivity contribution in [3.05, 3.63) is 47.1 Å². The number of rotatable bonds is 4. The number of nitrogens with two attached hydrogens (primary N) is 1. The lowest BCUT2D eigenvalue weighted by Crippen LogP contribution is -2.05. The van der Waals surface area contributed by atoms with Gasteiger partial charge in [-0.1, -0.05) is 11.6 Å². The van der Waals surface area contributed by atoms with Gasteiger partial charge in [-0.15, -0.1) is 11.8 Å². The van der Waals surface area contributed by atoms with Gasteiger partial charge in [0.25, 0.3) is 0 Å².